The molecule has 0 aliphatic rings. The Morgan fingerprint density at radius 2 is 2.05 bits per heavy atom. The molecule has 0 saturated heterocycles. The van der Waals surface area contributed by atoms with Crippen molar-refractivity contribution in [3.63, 3.8) is 0 Å². The summed E-state index contributed by atoms with van der Waals surface area (Å²) in [5.74, 6) is 1.04. The molecule has 1 atom stereocenters. The van der Waals surface area contributed by atoms with E-state index in [1.807, 2.05) is 42.6 Å². The predicted molar refractivity (Wildman–Crippen MR) is 76.4 cm³/mol. The molecule has 0 fully saturated rings. The van der Waals surface area contributed by atoms with Gasteiger partial charge >= 0.3 is 0 Å². The van der Waals surface area contributed by atoms with E-state index in [9.17, 15) is 0 Å². The topological polar surface area (TPSA) is 77.8 Å². The highest BCUT2D eigenvalue weighted by Crippen LogP contribution is 2.19. The van der Waals surface area contributed by atoms with Gasteiger partial charge in [-0.15, -0.1) is 11.3 Å². The zero-order valence-electron chi connectivity index (χ0n) is 11.0. The van der Waals surface area contributed by atoms with Crippen LogP contribution in [0.3, 0.4) is 0 Å². The fourth-order valence-electron chi connectivity index (χ4n) is 1.89. The first-order valence-corrected chi connectivity index (χ1v) is 7.14. The molecule has 0 amide bonds. The second-order valence-corrected chi connectivity index (χ2v) is 5.44. The highest BCUT2D eigenvalue weighted by molar-refractivity contribution is 7.09. The lowest BCUT2D eigenvalue weighted by Crippen LogP contribution is -2.12. The summed E-state index contributed by atoms with van der Waals surface area (Å²) in [6.07, 6.45) is 0.573. The van der Waals surface area contributed by atoms with Crippen LogP contribution in [0, 0.1) is 6.92 Å². The molecule has 0 unspecified atom stereocenters. The number of rotatable bonds is 4. The van der Waals surface area contributed by atoms with Crippen LogP contribution in [0.4, 0.5) is 0 Å². The molecule has 0 saturated carbocycles. The van der Waals surface area contributed by atoms with Crippen LogP contribution < -0.4 is 5.73 Å². The summed E-state index contributed by atoms with van der Waals surface area (Å²) in [4.78, 5) is 8.74. The molecule has 2 N–H and O–H groups in total. The van der Waals surface area contributed by atoms with Crippen molar-refractivity contribution in [2.24, 2.45) is 5.73 Å². The van der Waals surface area contributed by atoms with Gasteiger partial charge in [-0.1, -0.05) is 35.5 Å². The van der Waals surface area contributed by atoms with Gasteiger partial charge in [-0.2, -0.15) is 4.98 Å². The average molecular weight is 286 g/mol. The average Bonchev–Trinajstić information content (AvgIpc) is 3.09. The van der Waals surface area contributed by atoms with Crippen molar-refractivity contribution in [2.45, 2.75) is 19.4 Å². The lowest BCUT2D eigenvalue weighted by molar-refractivity contribution is 0.363. The number of nitrogens with zero attached hydrogens (tertiary/aromatic N) is 3. The highest BCUT2D eigenvalue weighted by Gasteiger charge is 2.17. The van der Waals surface area contributed by atoms with Gasteiger partial charge in [0.2, 0.25) is 5.89 Å². The van der Waals surface area contributed by atoms with E-state index in [0.717, 1.165) is 16.3 Å². The standard InChI is InChI=1S/C14H14N4OS/c1-9-8-20-12(16-9)7-11-17-14(19-18-11)13(15)10-5-3-2-4-6-10/h2-6,8,13H,7,15H2,1H3/t13-/m0/s1. The Balaban J connectivity index is 1.76. The number of nitrogens with two attached hydrogens (primary N) is 1. The number of aryl methyl sites for hydroxylation is 1. The van der Waals surface area contributed by atoms with E-state index in [4.69, 9.17) is 10.3 Å². The fourth-order valence-corrected chi connectivity index (χ4v) is 2.66. The molecule has 0 bridgehead atoms. The van der Waals surface area contributed by atoms with Gasteiger partial charge in [-0.3, -0.25) is 0 Å². The summed E-state index contributed by atoms with van der Waals surface area (Å²) < 4.78 is 5.25. The monoisotopic (exact) mass is 286 g/mol. The largest absolute Gasteiger partial charge is 0.337 e. The second-order valence-electron chi connectivity index (χ2n) is 4.50. The maximum atomic E-state index is 6.12. The maximum absolute atomic E-state index is 6.12. The van der Waals surface area contributed by atoms with E-state index in [0.29, 0.717) is 18.1 Å². The molecule has 102 valence electrons. The maximum Gasteiger partial charge on any atom is 0.248 e. The highest BCUT2D eigenvalue weighted by atomic mass is 32.1. The van der Waals surface area contributed by atoms with Gasteiger partial charge in [0.15, 0.2) is 5.82 Å². The molecule has 1 aromatic carbocycles. The molecule has 0 aliphatic heterocycles. The zero-order chi connectivity index (χ0) is 13.9. The van der Waals surface area contributed by atoms with Crippen LogP contribution in [-0.2, 0) is 6.42 Å². The van der Waals surface area contributed by atoms with Crippen LogP contribution >= 0.6 is 11.3 Å². The summed E-state index contributed by atoms with van der Waals surface area (Å²) in [7, 11) is 0. The zero-order valence-corrected chi connectivity index (χ0v) is 11.8. The third-order valence-corrected chi connectivity index (χ3v) is 3.85. The van der Waals surface area contributed by atoms with E-state index in [1.165, 1.54) is 0 Å². The molecular weight excluding hydrogens is 272 g/mol. The first-order chi connectivity index (χ1) is 9.72. The Morgan fingerprint density at radius 3 is 2.75 bits per heavy atom. The van der Waals surface area contributed by atoms with Gasteiger partial charge in [0, 0.05) is 11.1 Å². The van der Waals surface area contributed by atoms with Gasteiger partial charge in [0.25, 0.3) is 0 Å². The van der Waals surface area contributed by atoms with Crippen molar-refractivity contribution in [3.05, 3.63) is 63.7 Å². The predicted octanol–water partition coefficient (Wildman–Crippen LogP) is 2.47. The van der Waals surface area contributed by atoms with Crippen molar-refractivity contribution in [1.29, 1.82) is 0 Å². The normalized spacial score (nSPS) is 12.5. The van der Waals surface area contributed by atoms with Crippen molar-refractivity contribution in [1.82, 2.24) is 15.1 Å². The first kappa shape index (κ1) is 13.0. The smallest absolute Gasteiger partial charge is 0.248 e. The summed E-state index contributed by atoms with van der Waals surface area (Å²) >= 11 is 1.59. The molecule has 0 radical (unpaired) electrons. The Labute approximate surface area is 120 Å². The quantitative estimate of drug-likeness (QED) is 0.797. The van der Waals surface area contributed by atoms with E-state index in [1.54, 1.807) is 11.3 Å². The van der Waals surface area contributed by atoms with Gasteiger partial charge in [0.05, 0.1) is 6.42 Å². The van der Waals surface area contributed by atoms with Crippen molar-refractivity contribution in [3.8, 4) is 0 Å². The lowest BCUT2D eigenvalue weighted by Gasteiger charge is -2.05. The molecule has 3 rings (SSSR count). The van der Waals surface area contributed by atoms with Crippen molar-refractivity contribution < 1.29 is 4.52 Å². The fraction of sp³-hybridized carbons (Fsp3) is 0.214. The SMILES string of the molecule is Cc1csc(Cc2noc([C@@H](N)c3ccccc3)n2)n1. The van der Waals surface area contributed by atoms with Crippen molar-refractivity contribution >= 4 is 11.3 Å². The molecule has 0 spiro atoms. The molecule has 2 aromatic heterocycles. The molecule has 3 aromatic rings. The Kier molecular flexibility index (Phi) is 3.58. The van der Waals surface area contributed by atoms with Crippen LogP contribution in [0.25, 0.3) is 0 Å². The third-order valence-electron chi connectivity index (χ3n) is 2.88. The summed E-state index contributed by atoms with van der Waals surface area (Å²) in [5.41, 5.74) is 8.08. The van der Waals surface area contributed by atoms with Crippen LogP contribution in [0.5, 0.6) is 0 Å². The minimum absolute atomic E-state index is 0.393. The van der Waals surface area contributed by atoms with Gasteiger partial charge in [0.1, 0.15) is 11.0 Å². The summed E-state index contributed by atoms with van der Waals surface area (Å²) in [6.45, 7) is 1.97. The molecule has 20 heavy (non-hydrogen) atoms. The molecule has 0 aliphatic carbocycles. The Bertz CT molecular complexity index is 692. The van der Waals surface area contributed by atoms with Crippen LogP contribution in [-0.4, -0.2) is 15.1 Å². The molecular formula is C14H14N4OS. The molecule has 5 nitrogen and oxygen atoms in total. The summed E-state index contributed by atoms with van der Waals surface area (Å²) in [6, 6.07) is 9.31. The number of benzene rings is 1. The first-order valence-electron chi connectivity index (χ1n) is 6.26. The van der Waals surface area contributed by atoms with E-state index in [2.05, 4.69) is 15.1 Å². The molecule has 6 heteroatoms. The van der Waals surface area contributed by atoms with Gasteiger partial charge < -0.3 is 10.3 Å². The van der Waals surface area contributed by atoms with Crippen LogP contribution in [0.2, 0.25) is 0 Å². The van der Waals surface area contributed by atoms with E-state index >= 15 is 0 Å². The Hall–Kier alpha value is -2.05. The molecule has 2 heterocycles. The summed E-state index contributed by atoms with van der Waals surface area (Å²) in [5, 5.41) is 6.95. The van der Waals surface area contributed by atoms with E-state index < -0.39 is 6.04 Å². The van der Waals surface area contributed by atoms with Gasteiger partial charge in [-0.05, 0) is 12.5 Å². The Morgan fingerprint density at radius 1 is 1.25 bits per heavy atom. The van der Waals surface area contributed by atoms with Crippen LogP contribution in [0.15, 0.2) is 40.2 Å². The second kappa shape index (κ2) is 5.52. The lowest BCUT2D eigenvalue weighted by atomic mass is 10.1. The number of thiazole rings is 1. The van der Waals surface area contributed by atoms with Gasteiger partial charge in [-0.25, -0.2) is 4.98 Å². The van der Waals surface area contributed by atoms with Crippen molar-refractivity contribution in [2.75, 3.05) is 0 Å². The number of hydrogen-bond acceptors (Lipinski definition) is 6. The number of hydrogen-bond donors (Lipinski definition) is 1. The van der Waals surface area contributed by atoms with E-state index in [-0.39, 0.29) is 0 Å². The minimum Gasteiger partial charge on any atom is -0.337 e. The number of aromatic nitrogens is 3. The third kappa shape index (κ3) is 2.76. The minimum atomic E-state index is -0.393. The van der Waals surface area contributed by atoms with Crippen LogP contribution in [0.1, 0.15) is 34.0 Å².